The monoisotopic (exact) mass is 458 g/mol. The van der Waals surface area contributed by atoms with Crippen LogP contribution in [0.2, 0.25) is 5.02 Å². The van der Waals surface area contributed by atoms with E-state index in [-0.39, 0.29) is 17.2 Å². The Hall–Kier alpha value is -3.03. The quantitative estimate of drug-likeness (QED) is 0.527. The number of benzene rings is 3. The molecular formula is C23H23ClN2O4S. The summed E-state index contributed by atoms with van der Waals surface area (Å²) in [5, 5.41) is 0.467. The van der Waals surface area contributed by atoms with Gasteiger partial charge in [0.05, 0.1) is 24.1 Å². The second-order valence-corrected chi connectivity index (χ2v) is 9.33. The van der Waals surface area contributed by atoms with Crippen molar-refractivity contribution in [1.29, 1.82) is 0 Å². The molecule has 1 amide bonds. The minimum absolute atomic E-state index is 0.0943. The Morgan fingerprint density at radius 3 is 2.19 bits per heavy atom. The minimum atomic E-state index is -3.71. The van der Waals surface area contributed by atoms with Crippen molar-refractivity contribution in [3.8, 4) is 5.75 Å². The van der Waals surface area contributed by atoms with Gasteiger partial charge in [0.25, 0.3) is 10.0 Å². The van der Waals surface area contributed by atoms with Crippen molar-refractivity contribution in [2.75, 3.05) is 30.4 Å². The lowest BCUT2D eigenvalue weighted by atomic mass is 10.1. The highest BCUT2D eigenvalue weighted by molar-refractivity contribution is 7.92. The number of hydrogen-bond acceptors (Lipinski definition) is 4. The number of ether oxygens (including phenoxy) is 1. The molecule has 6 nitrogen and oxygen atoms in total. The Morgan fingerprint density at radius 2 is 1.58 bits per heavy atom. The van der Waals surface area contributed by atoms with Crippen molar-refractivity contribution in [2.24, 2.45) is 0 Å². The zero-order valence-electron chi connectivity index (χ0n) is 17.4. The molecule has 31 heavy (non-hydrogen) atoms. The van der Waals surface area contributed by atoms with E-state index in [0.717, 1.165) is 11.3 Å². The van der Waals surface area contributed by atoms with Gasteiger partial charge in [-0.25, -0.2) is 8.42 Å². The van der Waals surface area contributed by atoms with E-state index < -0.39 is 10.0 Å². The molecule has 0 aromatic heterocycles. The molecule has 0 aliphatic carbocycles. The van der Waals surface area contributed by atoms with Gasteiger partial charge in [-0.15, -0.1) is 0 Å². The third-order valence-electron chi connectivity index (χ3n) is 4.94. The molecule has 3 aromatic carbocycles. The first-order valence-corrected chi connectivity index (χ1v) is 11.3. The van der Waals surface area contributed by atoms with E-state index in [2.05, 4.69) is 0 Å². The van der Waals surface area contributed by atoms with E-state index in [9.17, 15) is 13.2 Å². The summed E-state index contributed by atoms with van der Waals surface area (Å²) < 4.78 is 32.0. The first kappa shape index (κ1) is 22.7. The standard InChI is InChI=1S/C23H23ClN2O4S/c1-25(20-5-4-6-21(16-20)30-3)23(27)15-17-7-11-19(12-8-17)26(2)31(28,29)22-13-9-18(24)10-14-22/h4-14,16H,15H2,1-3H3. The van der Waals surface area contributed by atoms with E-state index in [1.165, 1.54) is 35.6 Å². The van der Waals surface area contributed by atoms with Gasteiger partial charge in [0.15, 0.2) is 0 Å². The smallest absolute Gasteiger partial charge is 0.264 e. The topological polar surface area (TPSA) is 66.9 Å². The van der Waals surface area contributed by atoms with Crippen molar-refractivity contribution in [2.45, 2.75) is 11.3 Å². The predicted octanol–water partition coefficient (Wildman–Crippen LogP) is 4.38. The molecule has 0 saturated carbocycles. The zero-order valence-corrected chi connectivity index (χ0v) is 19.0. The second-order valence-electron chi connectivity index (χ2n) is 6.92. The second kappa shape index (κ2) is 9.41. The van der Waals surface area contributed by atoms with Crippen LogP contribution < -0.4 is 13.9 Å². The highest BCUT2D eigenvalue weighted by Gasteiger charge is 2.21. The number of hydrogen-bond donors (Lipinski definition) is 0. The maximum Gasteiger partial charge on any atom is 0.264 e. The Labute approximate surface area is 187 Å². The molecule has 0 aliphatic heterocycles. The molecule has 0 N–H and O–H groups in total. The summed E-state index contributed by atoms with van der Waals surface area (Å²) in [4.78, 5) is 14.4. The maximum atomic E-state index is 12.8. The summed E-state index contributed by atoms with van der Waals surface area (Å²) in [6.45, 7) is 0. The lowest BCUT2D eigenvalue weighted by molar-refractivity contribution is -0.117. The summed E-state index contributed by atoms with van der Waals surface area (Å²) >= 11 is 5.85. The molecule has 0 saturated heterocycles. The van der Waals surface area contributed by atoms with Gasteiger partial charge < -0.3 is 9.64 Å². The summed E-state index contributed by atoms with van der Waals surface area (Å²) in [5.41, 5.74) is 2.00. The van der Waals surface area contributed by atoms with E-state index in [4.69, 9.17) is 16.3 Å². The Morgan fingerprint density at radius 1 is 0.935 bits per heavy atom. The molecule has 0 atom stereocenters. The predicted molar refractivity (Wildman–Crippen MR) is 124 cm³/mol. The molecule has 0 bridgehead atoms. The van der Waals surface area contributed by atoms with Crippen molar-refractivity contribution in [1.82, 2.24) is 0 Å². The zero-order chi connectivity index (χ0) is 22.6. The molecule has 0 spiro atoms. The number of carbonyl (C=O) groups is 1. The number of carbonyl (C=O) groups excluding carboxylic acids is 1. The number of methoxy groups -OCH3 is 1. The van der Waals surface area contributed by atoms with Crippen molar-refractivity contribution >= 4 is 38.9 Å². The lowest BCUT2D eigenvalue weighted by Gasteiger charge is -2.20. The molecule has 0 radical (unpaired) electrons. The number of halogens is 1. The van der Waals surface area contributed by atoms with Gasteiger partial charge in [-0.2, -0.15) is 0 Å². The first-order chi connectivity index (χ1) is 14.7. The van der Waals surface area contributed by atoms with Crippen molar-refractivity contribution in [3.63, 3.8) is 0 Å². The van der Waals surface area contributed by atoms with Gasteiger partial charge in [-0.1, -0.05) is 29.8 Å². The van der Waals surface area contributed by atoms with E-state index in [0.29, 0.717) is 16.5 Å². The molecular weight excluding hydrogens is 436 g/mol. The average molecular weight is 459 g/mol. The maximum absolute atomic E-state index is 12.8. The number of likely N-dealkylation sites (N-methyl/N-ethyl adjacent to an activating group) is 1. The summed E-state index contributed by atoms with van der Waals surface area (Å²) in [6.07, 6.45) is 0.182. The number of anilines is 2. The summed E-state index contributed by atoms with van der Waals surface area (Å²) in [6, 6.07) is 20.1. The lowest BCUT2D eigenvalue weighted by Crippen LogP contribution is -2.28. The largest absolute Gasteiger partial charge is 0.497 e. The van der Waals surface area contributed by atoms with Crippen LogP contribution in [0, 0.1) is 0 Å². The fourth-order valence-electron chi connectivity index (χ4n) is 2.98. The first-order valence-electron chi connectivity index (χ1n) is 9.46. The molecule has 3 aromatic rings. The normalized spacial score (nSPS) is 11.1. The molecule has 0 unspecified atom stereocenters. The van der Waals surface area contributed by atoms with Gasteiger partial charge in [-0.05, 0) is 54.1 Å². The van der Waals surface area contributed by atoms with Gasteiger partial charge >= 0.3 is 0 Å². The molecule has 0 aliphatic rings. The minimum Gasteiger partial charge on any atom is -0.497 e. The number of nitrogens with zero attached hydrogens (tertiary/aromatic N) is 2. The van der Waals surface area contributed by atoms with E-state index >= 15 is 0 Å². The summed E-state index contributed by atoms with van der Waals surface area (Å²) in [5.74, 6) is 0.578. The van der Waals surface area contributed by atoms with E-state index in [1.54, 1.807) is 49.4 Å². The van der Waals surface area contributed by atoms with Crippen LogP contribution in [0.15, 0.2) is 77.7 Å². The molecule has 0 heterocycles. The molecule has 0 fully saturated rings. The SMILES string of the molecule is COc1cccc(N(C)C(=O)Cc2ccc(N(C)S(=O)(=O)c3ccc(Cl)cc3)cc2)c1. The number of amides is 1. The van der Waals surface area contributed by atoms with Crippen LogP contribution in [0.5, 0.6) is 5.75 Å². The number of rotatable bonds is 7. The van der Waals surface area contributed by atoms with Crippen LogP contribution in [-0.2, 0) is 21.2 Å². The number of sulfonamides is 1. The van der Waals surface area contributed by atoms with Crippen LogP contribution in [0.25, 0.3) is 0 Å². The molecule has 8 heteroatoms. The third-order valence-corrected chi connectivity index (χ3v) is 6.99. The van der Waals surface area contributed by atoms with Crippen LogP contribution in [0.4, 0.5) is 11.4 Å². The average Bonchev–Trinajstić information content (AvgIpc) is 2.78. The van der Waals surface area contributed by atoms with Gasteiger partial charge in [0.1, 0.15) is 5.75 Å². The van der Waals surface area contributed by atoms with Crippen molar-refractivity contribution < 1.29 is 17.9 Å². The van der Waals surface area contributed by atoms with E-state index in [1.807, 2.05) is 18.2 Å². The van der Waals surface area contributed by atoms with Gasteiger partial charge in [0, 0.05) is 30.9 Å². The Balaban J connectivity index is 1.72. The fraction of sp³-hybridized carbons (Fsp3) is 0.174. The fourth-order valence-corrected chi connectivity index (χ4v) is 4.30. The highest BCUT2D eigenvalue weighted by Crippen LogP contribution is 2.24. The highest BCUT2D eigenvalue weighted by atomic mass is 35.5. The van der Waals surface area contributed by atoms with Crippen molar-refractivity contribution in [3.05, 3.63) is 83.4 Å². The van der Waals surface area contributed by atoms with Crippen LogP contribution in [0.1, 0.15) is 5.56 Å². The van der Waals surface area contributed by atoms with Gasteiger partial charge in [0.2, 0.25) is 5.91 Å². The molecule has 162 valence electrons. The van der Waals surface area contributed by atoms with Crippen LogP contribution >= 0.6 is 11.6 Å². The van der Waals surface area contributed by atoms with Gasteiger partial charge in [-0.3, -0.25) is 9.10 Å². The van der Waals surface area contributed by atoms with Crippen LogP contribution in [0.3, 0.4) is 0 Å². The Bertz CT molecular complexity index is 1160. The Kier molecular flexibility index (Phi) is 6.87. The molecule has 3 rings (SSSR count). The van der Waals surface area contributed by atoms with Crippen LogP contribution in [-0.4, -0.2) is 35.5 Å². The summed E-state index contributed by atoms with van der Waals surface area (Å²) in [7, 11) is 1.06. The third kappa shape index (κ3) is 5.18.